The van der Waals surface area contributed by atoms with Gasteiger partial charge in [0.2, 0.25) is 17.7 Å². The van der Waals surface area contributed by atoms with Crippen molar-refractivity contribution in [3.8, 4) is 5.75 Å². The third-order valence-electron chi connectivity index (χ3n) is 6.14. The Labute approximate surface area is 188 Å². The monoisotopic (exact) mass is 435 g/mol. The van der Waals surface area contributed by atoms with Crippen LogP contribution in [-0.2, 0) is 20.9 Å². The van der Waals surface area contributed by atoms with Crippen molar-refractivity contribution in [1.82, 2.24) is 15.5 Å². The zero-order valence-electron chi connectivity index (χ0n) is 18.4. The average Bonchev–Trinajstić information content (AvgIpc) is 3.59. The van der Waals surface area contributed by atoms with Crippen LogP contribution in [0.2, 0.25) is 0 Å². The molecule has 2 aromatic rings. The smallest absolute Gasteiger partial charge is 0.242 e. The highest BCUT2D eigenvalue weighted by Crippen LogP contribution is 2.45. The number of hydrogen-bond acceptors (Lipinski definition) is 4. The Hall–Kier alpha value is -3.35. The van der Waals surface area contributed by atoms with Crippen LogP contribution in [0.15, 0.2) is 54.6 Å². The molecule has 32 heavy (non-hydrogen) atoms. The van der Waals surface area contributed by atoms with Gasteiger partial charge in [-0.3, -0.25) is 14.4 Å². The minimum atomic E-state index is -0.706. The lowest BCUT2D eigenvalue weighted by Crippen LogP contribution is -2.47. The summed E-state index contributed by atoms with van der Waals surface area (Å²) in [7, 11) is 1.59. The van der Waals surface area contributed by atoms with E-state index < -0.39 is 12.0 Å². The zero-order chi connectivity index (χ0) is 22.7. The van der Waals surface area contributed by atoms with Crippen LogP contribution in [0.1, 0.15) is 43.4 Å². The van der Waals surface area contributed by atoms with Gasteiger partial charge in [-0.05, 0) is 43.0 Å². The van der Waals surface area contributed by atoms with E-state index in [1.165, 1.54) is 0 Å². The number of nitrogens with zero attached hydrogens (tertiary/aromatic N) is 1. The zero-order valence-corrected chi connectivity index (χ0v) is 18.4. The third-order valence-corrected chi connectivity index (χ3v) is 6.14. The minimum Gasteiger partial charge on any atom is -0.497 e. The first-order chi connectivity index (χ1) is 15.5. The summed E-state index contributed by atoms with van der Waals surface area (Å²) in [5.41, 5.74) is 1.86. The maximum atomic E-state index is 13.2. The lowest BCUT2D eigenvalue weighted by molar-refractivity contribution is -0.131. The number of benzene rings is 2. The van der Waals surface area contributed by atoms with Gasteiger partial charge in [0.15, 0.2) is 0 Å². The first-order valence-corrected chi connectivity index (χ1v) is 11.0. The molecular weight excluding hydrogens is 406 g/mol. The van der Waals surface area contributed by atoms with Crippen molar-refractivity contribution in [2.24, 2.45) is 5.92 Å². The van der Waals surface area contributed by atoms with Crippen molar-refractivity contribution in [2.45, 2.75) is 50.9 Å². The quantitative estimate of drug-likeness (QED) is 0.667. The van der Waals surface area contributed by atoms with Crippen molar-refractivity contribution in [1.29, 1.82) is 0 Å². The van der Waals surface area contributed by atoms with Crippen LogP contribution < -0.4 is 15.4 Å². The highest BCUT2D eigenvalue weighted by molar-refractivity contribution is 5.93. The number of amides is 3. The molecule has 2 N–H and O–H groups in total. The van der Waals surface area contributed by atoms with Gasteiger partial charge >= 0.3 is 0 Å². The molecule has 7 heteroatoms. The SMILES string of the molecule is COc1cccc([C@@H]2[C@@H](C(=O)N[C@@H](C)C(=O)NCc3ccccc3)CC(=O)N2C2CC2)c1. The van der Waals surface area contributed by atoms with Crippen molar-refractivity contribution in [2.75, 3.05) is 7.11 Å². The Bertz CT molecular complexity index is 990. The van der Waals surface area contributed by atoms with Gasteiger partial charge < -0.3 is 20.3 Å². The summed E-state index contributed by atoms with van der Waals surface area (Å²) < 4.78 is 5.35. The molecule has 1 aliphatic carbocycles. The van der Waals surface area contributed by atoms with Gasteiger partial charge in [0.1, 0.15) is 11.8 Å². The standard InChI is InChI=1S/C25H29N3O4/c1-16(24(30)26-15-17-7-4-3-5-8-17)27-25(31)21-14-22(29)28(19-11-12-19)23(21)18-9-6-10-20(13-18)32-2/h3-10,13,16,19,21,23H,11-12,14-15H2,1-2H3,(H,26,30)(H,27,31)/t16-,21-,23+/m0/s1. The van der Waals surface area contributed by atoms with Crippen LogP contribution in [0.25, 0.3) is 0 Å². The summed E-state index contributed by atoms with van der Waals surface area (Å²) in [6.07, 6.45) is 2.06. The van der Waals surface area contributed by atoms with E-state index in [-0.39, 0.29) is 36.2 Å². The first-order valence-electron chi connectivity index (χ1n) is 11.0. The summed E-state index contributed by atoms with van der Waals surface area (Å²) in [5, 5.41) is 5.68. The molecule has 1 saturated heterocycles. The first kappa shape index (κ1) is 21.9. The van der Waals surface area contributed by atoms with Crippen LogP contribution in [0.5, 0.6) is 5.75 Å². The Balaban J connectivity index is 1.45. The fraction of sp³-hybridized carbons (Fsp3) is 0.400. The highest BCUT2D eigenvalue weighted by atomic mass is 16.5. The number of hydrogen-bond donors (Lipinski definition) is 2. The molecule has 1 heterocycles. The molecule has 1 saturated carbocycles. The van der Waals surface area contributed by atoms with E-state index in [0.717, 1.165) is 24.0 Å². The van der Waals surface area contributed by atoms with Gasteiger partial charge in [-0.15, -0.1) is 0 Å². The molecule has 0 radical (unpaired) electrons. The van der Waals surface area contributed by atoms with Crippen LogP contribution in [-0.4, -0.2) is 41.8 Å². The van der Waals surface area contributed by atoms with Gasteiger partial charge in [-0.2, -0.15) is 0 Å². The Morgan fingerprint density at radius 3 is 2.56 bits per heavy atom. The van der Waals surface area contributed by atoms with Crippen molar-refractivity contribution in [3.05, 3.63) is 65.7 Å². The highest BCUT2D eigenvalue weighted by Gasteiger charge is 2.50. The molecule has 3 atom stereocenters. The molecule has 1 aliphatic heterocycles. The van der Waals surface area contributed by atoms with Gasteiger partial charge in [0.25, 0.3) is 0 Å². The Morgan fingerprint density at radius 2 is 1.88 bits per heavy atom. The maximum absolute atomic E-state index is 13.2. The van der Waals surface area contributed by atoms with E-state index in [2.05, 4.69) is 10.6 Å². The van der Waals surface area contributed by atoms with Crippen molar-refractivity contribution >= 4 is 17.7 Å². The number of carbonyl (C=O) groups excluding carboxylic acids is 3. The molecule has 0 unspecified atom stereocenters. The molecule has 2 fully saturated rings. The minimum absolute atomic E-state index is 0.0124. The molecule has 168 valence electrons. The molecule has 4 rings (SSSR count). The number of ether oxygens (including phenoxy) is 1. The second-order valence-corrected chi connectivity index (χ2v) is 8.50. The van der Waals surface area contributed by atoms with E-state index >= 15 is 0 Å². The second kappa shape index (κ2) is 9.42. The number of methoxy groups -OCH3 is 1. The van der Waals surface area contributed by atoms with Crippen molar-refractivity contribution < 1.29 is 19.1 Å². The summed E-state index contributed by atoms with van der Waals surface area (Å²) in [6.45, 7) is 2.05. The van der Waals surface area contributed by atoms with Crippen LogP contribution in [0.3, 0.4) is 0 Å². The molecule has 0 bridgehead atoms. The molecule has 2 aromatic carbocycles. The third kappa shape index (κ3) is 4.77. The molecule has 0 spiro atoms. The molecule has 0 aromatic heterocycles. The van der Waals surface area contributed by atoms with E-state index in [4.69, 9.17) is 4.74 Å². The second-order valence-electron chi connectivity index (χ2n) is 8.50. The van der Waals surface area contributed by atoms with Crippen LogP contribution in [0.4, 0.5) is 0 Å². The van der Waals surface area contributed by atoms with Crippen LogP contribution in [0, 0.1) is 5.92 Å². The van der Waals surface area contributed by atoms with Crippen molar-refractivity contribution in [3.63, 3.8) is 0 Å². The molecule has 2 aliphatic rings. The number of carbonyl (C=O) groups is 3. The topological polar surface area (TPSA) is 87.7 Å². The van der Waals surface area contributed by atoms with Gasteiger partial charge in [-0.1, -0.05) is 42.5 Å². The fourth-order valence-corrected chi connectivity index (χ4v) is 4.32. The molecule has 3 amide bonds. The summed E-state index contributed by atoms with van der Waals surface area (Å²) in [5.74, 6) is -0.424. The van der Waals surface area contributed by atoms with Crippen LogP contribution >= 0.6 is 0 Å². The number of nitrogens with one attached hydrogen (secondary N) is 2. The van der Waals surface area contributed by atoms with Gasteiger partial charge in [0, 0.05) is 19.0 Å². The normalized spacial score (nSPS) is 21.2. The Morgan fingerprint density at radius 1 is 1.12 bits per heavy atom. The van der Waals surface area contributed by atoms with E-state index in [1.807, 2.05) is 59.5 Å². The molecule has 7 nitrogen and oxygen atoms in total. The largest absolute Gasteiger partial charge is 0.497 e. The predicted molar refractivity (Wildman–Crippen MR) is 120 cm³/mol. The van der Waals surface area contributed by atoms with Gasteiger partial charge in [-0.25, -0.2) is 0 Å². The van der Waals surface area contributed by atoms with E-state index in [1.54, 1.807) is 14.0 Å². The van der Waals surface area contributed by atoms with Gasteiger partial charge in [0.05, 0.1) is 19.1 Å². The summed E-state index contributed by atoms with van der Waals surface area (Å²) in [6, 6.07) is 16.2. The van der Waals surface area contributed by atoms with E-state index in [9.17, 15) is 14.4 Å². The van der Waals surface area contributed by atoms with E-state index in [0.29, 0.717) is 12.3 Å². The molecular formula is C25H29N3O4. The average molecular weight is 436 g/mol. The lowest BCUT2D eigenvalue weighted by atomic mass is 9.92. The fourth-order valence-electron chi connectivity index (χ4n) is 4.32. The number of likely N-dealkylation sites (tertiary alicyclic amines) is 1. The predicted octanol–water partition coefficient (Wildman–Crippen LogP) is 2.57. The lowest BCUT2D eigenvalue weighted by Gasteiger charge is -2.29. The summed E-state index contributed by atoms with van der Waals surface area (Å²) >= 11 is 0. The number of rotatable bonds is 8. The summed E-state index contributed by atoms with van der Waals surface area (Å²) in [4.78, 5) is 40.4. The Kier molecular flexibility index (Phi) is 6.44. The maximum Gasteiger partial charge on any atom is 0.242 e.